The van der Waals surface area contributed by atoms with Crippen LogP contribution >= 0.6 is 0 Å². The van der Waals surface area contributed by atoms with Crippen LogP contribution in [-0.2, 0) is 28.5 Å². The maximum atomic E-state index is 11.9. The predicted molar refractivity (Wildman–Crippen MR) is 138 cm³/mol. The van der Waals surface area contributed by atoms with Crippen molar-refractivity contribution in [3.8, 4) is 0 Å². The van der Waals surface area contributed by atoms with Gasteiger partial charge in [0.25, 0.3) is 10.1 Å². The molecule has 198 valence electrons. The first-order valence-electron chi connectivity index (χ1n) is 13.3. The molecule has 1 aromatic rings. The van der Waals surface area contributed by atoms with Crippen LogP contribution in [0.3, 0.4) is 0 Å². The van der Waals surface area contributed by atoms with Gasteiger partial charge in [0.1, 0.15) is 0 Å². The third-order valence-corrected chi connectivity index (χ3v) is 6.96. The molecule has 0 aromatic heterocycles. The molecule has 1 rings (SSSR count). The van der Waals surface area contributed by atoms with E-state index in [0.29, 0.717) is 26.4 Å². The van der Waals surface area contributed by atoms with Crippen LogP contribution in [0, 0.1) is 0 Å². The first kappa shape index (κ1) is 31.0. The van der Waals surface area contributed by atoms with Crippen molar-refractivity contribution >= 4 is 10.1 Å². The zero-order valence-corrected chi connectivity index (χ0v) is 22.2. The van der Waals surface area contributed by atoms with Gasteiger partial charge in [-0.15, -0.1) is 0 Å². The lowest BCUT2D eigenvalue weighted by molar-refractivity contribution is 0.00912. The number of benzene rings is 1. The summed E-state index contributed by atoms with van der Waals surface area (Å²) in [7, 11) is -3.71. The molecule has 0 spiro atoms. The van der Waals surface area contributed by atoms with Crippen molar-refractivity contribution in [3.05, 3.63) is 30.3 Å². The van der Waals surface area contributed by atoms with Crippen molar-refractivity contribution in [2.75, 3.05) is 46.2 Å². The molecule has 0 aliphatic carbocycles. The summed E-state index contributed by atoms with van der Waals surface area (Å²) in [5, 5.41) is 0. The monoisotopic (exact) mass is 500 g/mol. The largest absolute Gasteiger partial charge is 0.379 e. The number of hydrogen-bond acceptors (Lipinski definition) is 6. The van der Waals surface area contributed by atoms with Gasteiger partial charge in [-0.1, -0.05) is 102 Å². The highest BCUT2D eigenvalue weighted by Crippen LogP contribution is 2.13. The molecule has 0 atom stereocenters. The Morgan fingerprint density at radius 2 is 0.941 bits per heavy atom. The Hall–Kier alpha value is -0.990. The number of hydrogen-bond donors (Lipinski definition) is 0. The fourth-order valence-corrected chi connectivity index (χ4v) is 4.54. The zero-order valence-electron chi connectivity index (χ0n) is 21.4. The van der Waals surface area contributed by atoms with E-state index >= 15 is 0 Å². The first-order valence-corrected chi connectivity index (χ1v) is 14.8. The van der Waals surface area contributed by atoms with Gasteiger partial charge in [-0.05, 0) is 18.6 Å². The number of unbranched alkanes of at least 4 members (excludes halogenated alkanes) is 12. The van der Waals surface area contributed by atoms with Crippen LogP contribution in [0.25, 0.3) is 0 Å². The Bertz CT molecular complexity index is 650. The summed E-state index contributed by atoms with van der Waals surface area (Å²) in [6.45, 7) is 5.24. The lowest BCUT2D eigenvalue weighted by Crippen LogP contribution is -2.14. The summed E-state index contributed by atoms with van der Waals surface area (Å²) in [5.41, 5.74) is 0. The van der Waals surface area contributed by atoms with Gasteiger partial charge >= 0.3 is 0 Å². The van der Waals surface area contributed by atoms with Crippen LogP contribution in [0.5, 0.6) is 0 Å². The van der Waals surface area contributed by atoms with Crippen LogP contribution in [-0.4, -0.2) is 54.7 Å². The van der Waals surface area contributed by atoms with E-state index in [1.807, 2.05) is 0 Å². The van der Waals surface area contributed by atoms with Gasteiger partial charge in [0.2, 0.25) is 0 Å². The second-order valence-electron chi connectivity index (χ2n) is 8.67. The highest BCUT2D eigenvalue weighted by molar-refractivity contribution is 7.86. The fraction of sp³-hybridized carbons (Fsp3) is 0.778. The molecule has 6 nitrogen and oxygen atoms in total. The second kappa shape index (κ2) is 22.5. The quantitative estimate of drug-likeness (QED) is 0.112. The maximum absolute atomic E-state index is 11.9. The summed E-state index contributed by atoms with van der Waals surface area (Å²) >= 11 is 0. The van der Waals surface area contributed by atoms with Crippen LogP contribution < -0.4 is 0 Å². The molecule has 1 aromatic carbocycles. The van der Waals surface area contributed by atoms with Gasteiger partial charge in [0.15, 0.2) is 0 Å². The molecular formula is C27H48O6S. The van der Waals surface area contributed by atoms with Crippen molar-refractivity contribution < 1.29 is 26.8 Å². The molecule has 7 heteroatoms. The Morgan fingerprint density at radius 3 is 1.44 bits per heavy atom. The number of ether oxygens (including phenoxy) is 3. The maximum Gasteiger partial charge on any atom is 0.297 e. The normalized spacial score (nSPS) is 11.8. The van der Waals surface area contributed by atoms with Crippen molar-refractivity contribution in [1.29, 1.82) is 0 Å². The molecule has 0 radical (unpaired) electrons. The van der Waals surface area contributed by atoms with Crippen LogP contribution in [0.2, 0.25) is 0 Å². The molecule has 0 saturated carbocycles. The Kier molecular flexibility index (Phi) is 20.5. The van der Waals surface area contributed by atoms with Gasteiger partial charge in [-0.3, -0.25) is 4.18 Å². The second-order valence-corrected chi connectivity index (χ2v) is 10.3. The van der Waals surface area contributed by atoms with E-state index in [-0.39, 0.29) is 18.1 Å². The first-order chi connectivity index (χ1) is 16.7. The smallest absolute Gasteiger partial charge is 0.297 e. The highest BCUT2D eigenvalue weighted by Gasteiger charge is 2.13. The molecule has 0 unspecified atom stereocenters. The standard InChI is InChI=1S/C27H48O6S/c1-2-3-4-5-6-7-8-9-10-11-12-13-17-20-30-21-22-31-23-24-32-25-26-33-34(28,29)27-18-15-14-16-19-27/h14-16,18-19H,2-13,17,20-26H2,1H3. The minimum absolute atomic E-state index is 0.0144. The molecule has 0 fully saturated rings. The van der Waals surface area contributed by atoms with E-state index in [0.717, 1.165) is 13.0 Å². The van der Waals surface area contributed by atoms with E-state index in [2.05, 4.69) is 6.92 Å². The van der Waals surface area contributed by atoms with Gasteiger partial charge in [-0.2, -0.15) is 8.42 Å². The third-order valence-electron chi connectivity index (χ3n) is 5.63. The zero-order chi connectivity index (χ0) is 24.6. The predicted octanol–water partition coefficient (Wildman–Crippen LogP) is 6.53. The van der Waals surface area contributed by atoms with Gasteiger partial charge in [0, 0.05) is 6.61 Å². The van der Waals surface area contributed by atoms with Gasteiger partial charge < -0.3 is 14.2 Å². The van der Waals surface area contributed by atoms with Crippen molar-refractivity contribution in [2.45, 2.75) is 95.3 Å². The van der Waals surface area contributed by atoms with Crippen LogP contribution in [0.4, 0.5) is 0 Å². The molecule has 0 amide bonds. The molecular weight excluding hydrogens is 452 g/mol. The summed E-state index contributed by atoms with van der Waals surface area (Å²) in [4.78, 5) is 0.150. The van der Waals surface area contributed by atoms with E-state index < -0.39 is 10.1 Å². The molecule has 0 saturated heterocycles. The number of rotatable bonds is 25. The average molecular weight is 501 g/mol. The Balaban J connectivity index is 1.74. The molecule has 0 aliphatic rings. The van der Waals surface area contributed by atoms with Crippen molar-refractivity contribution in [1.82, 2.24) is 0 Å². The van der Waals surface area contributed by atoms with E-state index in [9.17, 15) is 8.42 Å². The van der Waals surface area contributed by atoms with Crippen molar-refractivity contribution in [3.63, 3.8) is 0 Å². The van der Waals surface area contributed by atoms with E-state index in [1.165, 1.54) is 89.2 Å². The Morgan fingerprint density at radius 1 is 0.529 bits per heavy atom. The summed E-state index contributed by atoms with van der Waals surface area (Å²) in [5.74, 6) is 0. The lowest BCUT2D eigenvalue weighted by atomic mass is 10.0. The fourth-order valence-electron chi connectivity index (χ4n) is 3.62. The molecule has 0 bridgehead atoms. The minimum atomic E-state index is -3.71. The highest BCUT2D eigenvalue weighted by atomic mass is 32.2. The molecule has 0 heterocycles. The summed E-state index contributed by atoms with van der Waals surface area (Å²) in [6, 6.07) is 8.09. The summed E-state index contributed by atoms with van der Waals surface area (Å²) in [6.07, 6.45) is 17.6. The molecule has 34 heavy (non-hydrogen) atoms. The molecule has 0 N–H and O–H groups in total. The average Bonchev–Trinajstić information content (AvgIpc) is 2.85. The third kappa shape index (κ3) is 18.4. The summed E-state index contributed by atoms with van der Waals surface area (Å²) < 4.78 is 45.2. The van der Waals surface area contributed by atoms with Gasteiger partial charge in [-0.25, -0.2) is 0 Å². The van der Waals surface area contributed by atoms with Crippen LogP contribution in [0.15, 0.2) is 35.2 Å². The minimum Gasteiger partial charge on any atom is -0.379 e. The van der Waals surface area contributed by atoms with Crippen molar-refractivity contribution in [2.24, 2.45) is 0 Å². The van der Waals surface area contributed by atoms with E-state index in [1.54, 1.807) is 18.2 Å². The van der Waals surface area contributed by atoms with Gasteiger partial charge in [0.05, 0.1) is 44.5 Å². The van der Waals surface area contributed by atoms with E-state index in [4.69, 9.17) is 18.4 Å². The Labute approximate surface area is 208 Å². The van der Waals surface area contributed by atoms with Crippen LogP contribution in [0.1, 0.15) is 90.4 Å². The molecule has 0 aliphatic heterocycles. The topological polar surface area (TPSA) is 71.1 Å². The SMILES string of the molecule is CCCCCCCCCCCCCCCOCCOCCOCCOS(=O)(=O)c1ccccc1. The lowest BCUT2D eigenvalue weighted by Gasteiger charge is -2.08.